The number of benzene rings is 3. The van der Waals surface area contributed by atoms with E-state index in [0.717, 1.165) is 41.2 Å². The number of carbonyl (C=O) groups is 3. The zero-order valence-electron chi connectivity index (χ0n) is 25.9. The van der Waals surface area contributed by atoms with Gasteiger partial charge in [0.1, 0.15) is 11.9 Å². The molecule has 234 valence electrons. The molecule has 3 atom stereocenters. The Hall–Kier alpha value is -3.82. The Balaban J connectivity index is 1.37. The van der Waals surface area contributed by atoms with Crippen molar-refractivity contribution in [3.05, 3.63) is 83.7 Å². The molecule has 0 spiro atoms. The Bertz CT molecular complexity index is 1480. The van der Waals surface area contributed by atoms with Crippen molar-refractivity contribution >= 4 is 28.5 Å². The van der Waals surface area contributed by atoms with Gasteiger partial charge in [-0.3, -0.25) is 19.3 Å². The average molecular weight is 602 g/mol. The van der Waals surface area contributed by atoms with E-state index in [4.69, 9.17) is 5.73 Å². The molecule has 3 amide bonds. The lowest BCUT2D eigenvalue weighted by Gasteiger charge is -2.45. The Morgan fingerprint density at radius 2 is 1.64 bits per heavy atom. The molecule has 3 aromatic carbocycles. The number of nitrogens with one attached hydrogen (secondary N) is 2. The molecule has 1 saturated carbocycles. The first-order valence-corrected chi connectivity index (χ1v) is 15.6. The summed E-state index contributed by atoms with van der Waals surface area (Å²) in [7, 11) is 1.67. The lowest BCUT2D eigenvalue weighted by molar-refractivity contribution is -0.143. The molecule has 1 saturated heterocycles. The number of nitrogens with two attached hydrogens (primary N) is 1. The third-order valence-electron chi connectivity index (χ3n) is 8.87. The maximum atomic E-state index is 14.2. The van der Waals surface area contributed by atoms with E-state index in [1.54, 1.807) is 33.0 Å². The van der Waals surface area contributed by atoms with Crippen LogP contribution in [0.15, 0.2) is 66.7 Å². The van der Waals surface area contributed by atoms with Gasteiger partial charge in [-0.25, -0.2) is 4.39 Å². The standard InChI is InChI=1S/C35H44FN5O3/c1-35(2,37)34(44)39-30(20-24-11-14-28(36)15-12-24)33(43)41-17-16-40(22-29(41)19-23-8-9-23)31(32(42)38-3)21-25-10-13-26-6-4-5-7-27(26)18-25/h4-7,10-15,18,23,29-31H,8-9,16-17,19-22,37H2,1-3H3,(H,38,42)(H,39,44). The van der Waals surface area contributed by atoms with Crippen LogP contribution in [0.1, 0.15) is 44.2 Å². The van der Waals surface area contributed by atoms with Crippen molar-refractivity contribution in [2.45, 2.75) is 69.6 Å². The molecule has 9 heteroatoms. The van der Waals surface area contributed by atoms with Crippen LogP contribution in [0, 0.1) is 11.7 Å². The third-order valence-corrected chi connectivity index (χ3v) is 8.87. The lowest BCUT2D eigenvalue weighted by atomic mass is 9.96. The van der Waals surface area contributed by atoms with Crippen molar-refractivity contribution < 1.29 is 18.8 Å². The van der Waals surface area contributed by atoms with Crippen LogP contribution in [0.25, 0.3) is 10.8 Å². The molecule has 0 bridgehead atoms. The van der Waals surface area contributed by atoms with E-state index >= 15 is 0 Å². The van der Waals surface area contributed by atoms with E-state index < -0.39 is 17.5 Å². The Morgan fingerprint density at radius 3 is 2.30 bits per heavy atom. The van der Waals surface area contributed by atoms with Gasteiger partial charge in [0.2, 0.25) is 17.7 Å². The van der Waals surface area contributed by atoms with Crippen molar-refractivity contribution in [1.29, 1.82) is 0 Å². The molecule has 1 heterocycles. The van der Waals surface area contributed by atoms with Crippen molar-refractivity contribution in [2.24, 2.45) is 11.7 Å². The van der Waals surface area contributed by atoms with E-state index in [-0.39, 0.29) is 36.1 Å². The highest BCUT2D eigenvalue weighted by molar-refractivity contribution is 5.92. The maximum Gasteiger partial charge on any atom is 0.245 e. The van der Waals surface area contributed by atoms with Gasteiger partial charge in [0, 0.05) is 39.1 Å². The van der Waals surface area contributed by atoms with Gasteiger partial charge in [0.15, 0.2) is 0 Å². The molecule has 5 rings (SSSR count). The second-order valence-corrected chi connectivity index (χ2v) is 13.0. The van der Waals surface area contributed by atoms with Gasteiger partial charge in [0.25, 0.3) is 0 Å². The van der Waals surface area contributed by atoms with Crippen LogP contribution in [0.4, 0.5) is 4.39 Å². The fourth-order valence-corrected chi connectivity index (χ4v) is 6.14. The number of likely N-dealkylation sites (N-methyl/N-ethyl adjacent to an activating group) is 1. The normalized spacial score (nSPS) is 18.9. The van der Waals surface area contributed by atoms with Crippen LogP contribution in [0.3, 0.4) is 0 Å². The zero-order valence-corrected chi connectivity index (χ0v) is 25.9. The molecule has 4 N–H and O–H groups in total. The topological polar surface area (TPSA) is 108 Å². The Morgan fingerprint density at radius 1 is 0.955 bits per heavy atom. The minimum absolute atomic E-state index is 0.0465. The molecule has 2 fully saturated rings. The van der Waals surface area contributed by atoms with E-state index in [1.807, 2.05) is 17.0 Å². The quantitative estimate of drug-likeness (QED) is 0.312. The van der Waals surface area contributed by atoms with Crippen LogP contribution >= 0.6 is 0 Å². The molecule has 8 nitrogen and oxygen atoms in total. The number of rotatable bonds is 11. The van der Waals surface area contributed by atoms with Crippen LogP contribution in [0.5, 0.6) is 0 Å². The summed E-state index contributed by atoms with van der Waals surface area (Å²) in [5.74, 6) is -0.468. The monoisotopic (exact) mass is 601 g/mol. The van der Waals surface area contributed by atoms with E-state index in [9.17, 15) is 18.8 Å². The van der Waals surface area contributed by atoms with Gasteiger partial charge in [-0.15, -0.1) is 0 Å². The first-order valence-electron chi connectivity index (χ1n) is 15.6. The molecule has 0 radical (unpaired) electrons. The summed E-state index contributed by atoms with van der Waals surface area (Å²) in [6.07, 6.45) is 3.89. The fourth-order valence-electron chi connectivity index (χ4n) is 6.14. The molecule has 3 aromatic rings. The summed E-state index contributed by atoms with van der Waals surface area (Å²) in [4.78, 5) is 44.6. The Labute approximate surface area is 259 Å². The molecule has 1 aliphatic carbocycles. The number of carbonyl (C=O) groups excluding carboxylic acids is 3. The van der Waals surface area contributed by atoms with Crippen LogP contribution in [0.2, 0.25) is 0 Å². The smallest absolute Gasteiger partial charge is 0.245 e. The summed E-state index contributed by atoms with van der Waals surface area (Å²) >= 11 is 0. The van der Waals surface area contributed by atoms with Crippen LogP contribution < -0.4 is 16.4 Å². The fraction of sp³-hybridized carbons (Fsp3) is 0.457. The van der Waals surface area contributed by atoms with Gasteiger partial charge in [0.05, 0.1) is 11.6 Å². The number of amides is 3. The number of halogens is 1. The summed E-state index contributed by atoms with van der Waals surface area (Å²) in [5, 5.41) is 8.04. The van der Waals surface area contributed by atoms with Gasteiger partial charge >= 0.3 is 0 Å². The number of fused-ring (bicyclic) bond motifs is 1. The number of piperazine rings is 1. The average Bonchev–Trinajstić information content (AvgIpc) is 3.83. The molecule has 3 unspecified atom stereocenters. The predicted molar refractivity (Wildman–Crippen MR) is 170 cm³/mol. The molecule has 0 aromatic heterocycles. The van der Waals surface area contributed by atoms with Crippen molar-refractivity contribution in [1.82, 2.24) is 20.4 Å². The zero-order chi connectivity index (χ0) is 31.4. The van der Waals surface area contributed by atoms with Crippen molar-refractivity contribution in [2.75, 3.05) is 26.7 Å². The predicted octanol–water partition coefficient (Wildman–Crippen LogP) is 3.41. The minimum atomic E-state index is -1.17. The van der Waals surface area contributed by atoms with Crippen molar-refractivity contribution in [3.63, 3.8) is 0 Å². The third kappa shape index (κ3) is 7.81. The highest BCUT2D eigenvalue weighted by Crippen LogP contribution is 2.36. The molecular formula is C35H44FN5O3. The van der Waals surface area contributed by atoms with E-state index in [2.05, 4.69) is 45.9 Å². The molecule has 2 aliphatic rings. The number of nitrogens with zero attached hydrogens (tertiary/aromatic N) is 2. The maximum absolute atomic E-state index is 14.2. The van der Waals surface area contributed by atoms with Gasteiger partial charge in [-0.05, 0) is 66.6 Å². The highest BCUT2D eigenvalue weighted by Gasteiger charge is 2.41. The second-order valence-electron chi connectivity index (χ2n) is 13.0. The van der Waals surface area contributed by atoms with Crippen LogP contribution in [-0.4, -0.2) is 77.9 Å². The molecular weight excluding hydrogens is 557 g/mol. The van der Waals surface area contributed by atoms with Gasteiger partial charge < -0.3 is 21.3 Å². The first kappa shape index (κ1) is 31.6. The van der Waals surface area contributed by atoms with E-state index in [1.165, 1.54) is 12.1 Å². The van der Waals surface area contributed by atoms with Gasteiger partial charge in [-0.2, -0.15) is 0 Å². The first-order chi connectivity index (χ1) is 21.0. The summed E-state index contributed by atoms with van der Waals surface area (Å²) in [6, 6.07) is 19.2. The van der Waals surface area contributed by atoms with E-state index in [0.29, 0.717) is 32.0 Å². The number of hydrogen-bond acceptors (Lipinski definition) is 5. The lowest BCUT2D eigenvalue weighted by Crippen LogP contribution is -2.64. The second kappa shape index (κ2) is 13.4. The molecule has 1 aliphatic heterocycles. The summed E-state index contributed by atoms with van der Waals surface area (Å²) in [6.45, 7) is 4.73. The molecule has 44 heavy (non-hydrogen) atoms. The summed E-state index contributed by atoms with van der Waals surface area (Å²) in [5.41, 5.74) is 6.73. The van der Waals surface area contributed by atoms with Gasteiger partial charge in [-0.1, -0.05) is 67.4 Å². The summed E-state index contributed by atoms with van der Waals surface area (Å²) < 4.78 is 13.6. The number of hydrogen-bond donors (Lipinski definition) is 3. The van der Waals surface area contributed by atoms with Crippen LogP contribution in [-0.2, 0) is 27.2 Å². The minimum Gasteiger partial charge on any atom is -0.358 e. The largest absolute Gasteiger partial charge is 0.358 e. The Kier molecular flexibility index (Phi) is 9.65. The SMILES string of the molecule is CNC(=O)C(Cc1ccc2ccccc2c1)N1CCN(C(=O)C(Cc2ccc(F)cc2)NC(=O)C(C)(C)N)C(CC2CC2)C1. The van der Waals surface area contributed by atoms with Crippen molar-refractivity contribution in [3.8, 4) is 0 Å². The highest BCUT2D eigenvalue weighted by atomic mass is 19.1.